The summed E-state index contributed by atoms with van der Waals surface area (Å²) in [5.74, 6) is -1.05. The number of carbonyl (C=O) groups excluding carboxylic acids is 1. The van der Waals surface area contributed by atoms with Crippen molar-refractivity contribution in [1.29, 1.82) is 0 Å². The van der Waals surface area contributed by atoms with E-state index in [1.165, 1.54) is 10.5 Å². The lowest BCUT2D eigenvalue weighted by Gasteiger charge is -2.27. The Hall–Kier alpha value is -2.51. The normalized spacial score (nSPS) is 13.9. The second kappa shape index (κ2) is 10.5. The lowest BCUT2D eigenvalue weighted by molar-refractivity contribution is -0.192. The molecule has 0 aliphatic carbocycles. The van der Waals surface area contributed by atoms with Crippen LogP contribution in [0.4, 0.5) is 13.2 Å². The number of aromatic nitrogens is 3. The zero-order chi connectivity index (χ0) is 22.3. The fourth-order valence-corrected chi connectivity index (χ4v) is 3.17. The summed E-state index contributed by atoms with van der Waals surface area (Å²) in [5, 5.41) is 19.9. The van der Waals surface area contributed by atoms with Crippen molar-refractivity contribution in [1.82, 2.24) is 24.6 Å². The van der Waals surface area contributed by atoms with E-state index in [1.807, 2.05) is 0 Å². The summed E-state index contributed by atoms with van der Waals surface area (Å²) < 4.78 is 39.3. The average molecular weight is 449 g/mol. The molecule has 3 heterocycles. The molecule has 166 valence electrons. The number of likely N-dealkylation sites (N-methyl/N-ethyl adjacent to an activating group) is 1. The van der Waals surface area contributed by atoms with Crippen molar-refractivity contribution >= 4 is 23.2 Å². The van der Waals surface area contributed by atoms with Gasteiger partial charge in [-0.2, -0.15) is 24.5 Å². The maximum absolute atomic E-state index is 11.5. The molecule has 0 unspecified atom stereocenters. The molecule has 2 aromatic heterocycles. The number of halogens is 3. The molecule has 30 heavy (non-hydrogen) atoms. The van der Waals surface area contributed by atoms with Gasteiger partial charge in [-0.05, 0) is 22.4 Å². The van der Waals surface area contributed by atoms with Crippen molar-refractivity contribution in [3.63, 3.8) is 0 Å². The highest BCUT2D eigenvalue weighted by atomic mass is 32.1. The number of alkyl halides is 3. The summed E-state index contributed by atoms with van der Waals surface area (Å²) in [5.41, 5.74) is 1.34. The van der Waals surface area contributed by atoms with E-state index in [2.05, 4.69) is 36.5 Å². The van der Waals surface area contributed by atoms with Gasteiger partial charge in [0.2, 0.25) is 5.91 Å². The highest BCUT2D eigenvalue weighted by Crippen LogP contribution is 2.17. The molecule has 3 rings (SSSR count). The van der Waals surface area contributed by atoms with Crippen LogP contribution >= 0.6 is 11.3 Å². The van der Waals surface area contributed by atoms with Gasteiger partial charge in [0.1, 0.15) is 19.0 Å². The van der Waals surface area contributed by atoms with Crippen LogP contribution in [0.15, 0.2) is 16.8 Å². The third-order valence-corrected chi connectivity index (χ3v) is 4.83. The first-order valence-electron chi connectivity index (χ1n) is 8.80. The average Bonchev–Trinajstić information content (AvgIpc) is 3.31. The van der Waals surface area contributed by atoms with Crippen LogP contribution in [0.25, 0.3) is 0 Å². The van der Waals surface area contributed by atoms with Gasteiger partial charge < -0.3 is 19.3 Å². The van der Waals surface area contributed by atoms with E-state index in [-0.39, 0.29) is 12.5 Å². The Labute approximate surface area is 174 Å². The predicted molar refractivity (Wildman–Crippen MR) is 100 cm³/mol. The Bertz CT molecular complexity index is 839. The first-order valence-corrected chi connectivity index (χ1v) is 9.74. The second-order valence-electron chi connectivity index (χ2n) is 6.61. The predicted octanol–water partition coefficient (Wildman–Crippen LogP) is 1.59. The first-order chi connectivity index (χ1) is 14.1. The quantitative estimate of drug-likeness (QED) is 0.715. The van der Waals surface area contributed by atoms with Gasteiger partial charge in [0, 0.05) is 33.7 Å². The largest absolute Gasteiger partial charge is 0.490 e. The van der Waals surface area contributed by atoms with Crippen molar-refractivity contribution in [3.8, 4) is 0 Å². The fraction of sp³-hybridized carbons (Fsp3) is 0.529. The van der Waals surface area contributed by atoms with Crippen LogP contribution in [0.5, 0.6) is 0 Å². The molecule has 1 amide bonds. The molecule has 0 aromatic carbocycles. The second-order valence-corrected chi connectivity index (χ2v) is 7.39. The van der Waals surface area contributed by atoms with Crippen molar-refractivity contribution in [2.45, 2.75) is 32.4 Å². The number of hydrogen-bond donors (Lipinski definition) is 1. The smallest absolute Gasteiger partial charge is 0.475 e. The van der Waals surface area contributed by atoms with E-state index in [0.717, 1.165) is 37.8 Å². The van der Waals surface area contributed by atoms with E-state index in [4.69, 9.17) is 14.6 Å². The molecule has 0 radical (unpaired) electrons. The third kappa shape index (κ3) is 7.07. The lowest BCUT2D eigenvalue weighted by Crippen LogP contribution is -2.34. The van der Waals surface area contributed by atoms with Gasteiger partial charge in [-0.15, -0.1) is 10.2 Å². The molecule has 13 heteroatoms. The van der Waals surface area contributed by atoms with E-state index in [1.54, 1.807) is 25.4 Å². The molecular formula is C17H22F3N5O4S. The summed E-state index contributed by atoms with van der Waals surface area (Å²) in [6.45, 7) is 3.94. The molecule has 2 aromatic rings. The number of amides is 1. The zero-order valence-electron chi connectivity index (χ0n) is 16.4. The van der Waals surface area contributed by atoms with Crippen LogP contribution in [-0.2, 0) is 40.6 Å². The van der Waals surface area contributed by atoms with Gasteiger partial charge >= 0.3 is 12.1 Å². The number of nitrogens with zero attached hydrogens (tertiary/aromatic N) is 5. The SMILES string of the molecule is CN(C)C(=O)COCc1nnc2n1CCN(Cc1ccsc1)C2.O=C(O)C(F)(F)F. The van der Waals surface area contributed by atoms with Gasteiger partial charge in [-0.25, -0.2) is 4.79 Å². The number of carbonyl (C=O) groups is 2. The number of hydrogen-bond acceptors (Lipinski definition) is 7. The highest BCUT2D eigenvalue weighted by Gasteiger charge is 2.38. The van der Waals surface area contributed by atoms with Crippen molar-refractivity contribution in [2.24, 2.45) is 0 Å². The number of ether oxygens (including phenoxy) is 1. The lowest BCUT2D eigenvalue weighted by atomic mass is 10.2. The molecule has 1 aliphatic rings. The van der Waals surface area contributed by atoms with E-state index in [9.17, 15) is 18.0 Å². The summed E-state index contributed by atoms with van der Waals surface area (Å²) in [6.07, 6.45) is -5.08. The van der Waals surface area contributed by atoms with Crippen molar-refractivity contribution < 1.29 is 32.6 Å². The maximum Gasteiger partial charge on any atom is 0.490 e. The Morgan fingerprint density at radius 1 is 1.30 bits per heavy atom. The van der Waals surface area contributed by atoms with Crippen molar-refractivity contribution in [3.05, 3.63) is 34.0 Å². The minimum absolute atomic E-state index is 0.0506. The Balaban J connectivity index is 0.000000396. The van der Waals surface area contributed by atoms with Crippen LogP contribution in [0.1, 0.15) is 17.2 Å². The number of thiophene rings is 1. The van der Waals surface area contributed by atoms with Crippen LogP contribution in [-0.4, -0.2) is 75.0 Å². The summed E-state index contributed by atoms with van der Waals surface area (Å²) >= 11 is 1.72. The zero-order valence-corrected chi connectivity index (χ0v) is 17.2. The van der Waals surface area contributed by atoms with Gasteiger partial charge in [-0.3, -0.25) is 9.69 Å². The number of carboxylic acid groups (broad SMARTS) is 1. The first kappa shape index (κ1) is 23.8. The topological polar surface area (TPSA) is 101 Å². The monoisotopic (exact) mass is 449 g/mol. The molecule has 0 spiro atoms. The third-order valence-electron chi connectivity index (χ3n) is 4.09. The summed E-state index contributed by atoms with van der Waals surface area (Å²) in [6, 6.07) is 2.16. The van der Waals surface area contributed by atoms with Crippen LogP contribution in [0, 0.1) is 0 Å². The number of fused-ring (bicyclic) bond motifs is 1. The van der Waals surface area contributed by atoms with E-state index in [0.29, 0.717) is 6.61 Å². The summed E-state index contributed by atoms with van der Waals surface area (Å²) in [7, 11) is 3.43. The summed E-state index contributed by atoms with van der Waals surface area (Å²) in [4.78, 5) is 24.3. The molecule has 0 fully saturated rings. The van der Waals surface area contributed by atoms with E-state index >= 15 is 0 Å². The molecule has 1 N–H and O–H groups in total. The Kier molecular flexibility index (Phi) is 8.32. The van der Waals surface area contributed by atoms with Gasteiger partial charge in [0.05, 0.1) is 6.54 Å². The minimum atomic E-state index is -5.08. The van der Waals surface area contributed by atoms with E-state index < -0.39 is 12.1 Å². The maximum atomic E-state index is 11.5. The van der Waals surface area contributed by atoms with Gasteiger partial charge in [0.15, 0.2) is 5.82 Å². The van der Waals surface area contributed by atoms with Crippen LogP contribution in [0.3, 0.4) is 0 Å². The molecule has 0 saturated heterocycles. The molecule has 9 nitrogen and oxygen atoms in total. The molecule has 0 atom stereocenters. The number of rotatable bonds is 6. The van der Waals surface area contributed by atoms with Crippen molar-refractivity contribution in [2.75, 3.05) is 27.2 Å². The minimum Gasteiger partial charge on any atom is -0.475 e. The Morgan fingerprint density at radius 3 is 2.57 bits per heavy atom. The van der Waals surface area contributed by atoms with Crippen LogP contribution in [0.2, 0.25) is 0 Å². The highest BCUT2D eigenvalue weighted by molar-refractivity contribution is 7.07. The molecular weight excluding hydrogens is 427 g/mol. The molecule has 0 saturated carbocycles. The van der Waals surface area contributed by atoms with Gasteiger partial charge in [0.25, 0.3) is 0 Å². The fourth-order valence-electron chi connectivity index (χ4n) is 2.51. The van der Waals surface area contributed by atoms with Crippen LogP contribution < -0.4 is 0 Å². The number of carboxylic acids is 1. The number of aliphatic carboxylic acids is 1. The molecule has 0 bridgehead atoms. The molecule has 1 aliphatic heterocycles. The Morgan fingerprint density at radius 2 is 2.00 bits per heavy atom. The van der Waals surface area contributed by atoms with Gasteiger partial charge in [-0.1, -0.05) is 0 Å². The standard InChI is InChI=1S/C15H21N5O2S.C2HF3O2/c1-18(2)15(21)10-22-9-14-17-16-13-8-19(4-5-20(13)14)7-12-3-6-23-11-12;3-2(4,5)1(6)7/h3,6,11H,4-5,7-10H2,1-2H3;(H,6,7).